The van der Waals surface area contributed by atoms with Crippen LogP contribution >= 0.6 is 11.6 Å². The number of hydrogen-bond donors (Lipinski definition) is 1. The van der Waals surface area contributed by atoms with Crippen LogP contribution in [0, 0.1) is 5.92 Å². The van der Waals surface area contributed by atoms with Gasteiger partial charge >= 0.3 is 5.97 Å². The maximum atomic E-state index is 12.6. The Labute approximate surface area is 182 Å². The molecule has 2 aromatic rings. The van der Waals surface area contributed by atoms with E-state index < -0.39 is 11.9 Å². The molecule has 2 heterocycles. The van der Waals surface area contributed by atoms with E-state index in [9.17, 15) is 9.59 Å². The zero-order valence-electron chi connectivity index (χ0n) is 16.4. The van der Waals surface area contributed by atoms with Gasteiger partial charge in [-0.2, -0.15) is 5.11 Å². The lowest BCUT2D eigenvalue weighted by Crippen LogP contribution is -2.30. The van der Waals surface area contributed by atoms with Crippen molar-refractivity contribution >= 4 is 29.2 Å². The number of carbonyl (C=O) groups is 2. The van der Waals surface area contributed by atoms with Gasteiger partial charge in [-0.3, -0.25) is 4.79 Å². The second-order valence-corrected chi connectivity index (χ2v) is 7.77. The monoisotopic (exact) mass is 436 g/mol. The normalized spacial score (nSPS) is 24.8. The summed E-state index contributed by atoms with van der Waals surface area (Å²) in [6, 6.07) is 14.5. The van der Waals surface area contributed by atoms with Crippen LogP contribution in [0.3, 0.4) is 0 Å². The van der Waals surface area contributed by atoms with E-state index in [0.717, 1.165) is 5.56 Å². The first-order valence-corrected chi connectivity index (χ1v) is 10.00. The number of benzene rings is 2. The van der Waals surface area contributed by atoms with Gasteiger partial charge in [0.1, 0.15) is 5.75 Å². The fourth-order valence-corrected chi connectivity index (χ4v) is 4.22. The second kappa shape index (κ2) is 7.64. The molecule has 0 saturated carbocycles. The smallest absolute Gasteiger partial charge is 0.377 e. The van der Waals surface area contributed by atoms with Crippen molar-refractivity contribution in [1.29, 1.82) is 0 Å². The van der Waals surface area contributed by atoms with E-state index in [4.69, 9.17) is 21.2 Å². The van der Waals surface area contributed by atoms with Crippen LogP contribution in [0.1, 0.15) is 17.9 Å². The molecule has 1 saturated heterocycles. The van der Waals surface area contributed by atoms with E-state index in [1.165, 1.54) is 0 Å². The Hall–Kier alpha value is -3.49. The number of anilines is 1. The predicted octanol–water partition coefficient (Wildman–Crippen LogP) is 4.07. The standard InChI is InChI=1S/C22H17ClN4O4/c1-30-16-8-6-15(7-9-16)27-20(22(29)31-26-27)13-10-17(12-2-4-14(23)5-3-12)19-18(11-13)24-25-21(19)28/h2-9,11,17,19,26H,10H2,1H3. The summed E-state index contributed by atoms with van der Waals surface area (Å²) in [6.45, 7) is 0. The molecule has 1 amide bonds. The molecule has 31 heavy (non-hydrogen) atoms. The molecule has 9 heteroatoms. The summed E-state index contributed by atoms with van der Waals surface area (Å²) < 4.78 is 5.20. The van der Waals surface area contributed by atoms with E-state index in [0.29, 0.717) is 39.8 Å². The van der Waals surface area contributed by atoms with E-state index in [1.807, 2.05) is 24.3 Å². The third kappa shape index (κ3) is 3.39. The average molecular weight is 437 g/mol. The maximum absolute atomic E-state index is 12.6. The number of amides is 1. The van der Waals surface area contributed by atoms with Gasteiger partial charge in [-0.1, -0.05) is 29.3 Å². The van der Waals surface area contributed by atoms with Crippen molar-refractivity contribution < 1.29 is 19.2 Å². The number of carbonyl (C=O) groups excluding carboxylic acids is 2. The number of nitrogens with one attached hydrogen (secondary N) is 1. The first kappa shape index (κ1) is 19.5. The van der Waals surface area contributed by atoms with Gasteiger partial charge < -0.3 is 9.57 Å². The number of hydrazine groups is 1. The van der Waals surface area contributed by atoms with Gasteiger partial charge in [0, 0.05) is 10.9 Å². The minimum atomic E-state index is -0.516. The summed E-state index contributed by atoms with van der Waals surface area (Å²) in [4.78, 5) is 30.2. The van der Waals surface area contributed by atoms with Crippen LogP contribution in [0.25, 0.3) is 0 Å². The lowest BCUT2D eigenvalue weighted by molar-refractivity contribution is -0.140. The van der Waals surface area contributed by atoms with E-state index >= 15 is 0 Å². The van der Waals surface area contributed by atoms with E-state index in [2.05, 4.69) is 15.8 Å². The molecule has 3 aliphatic rings. The van der Waals surface area contributed by atoms with Crippen molar-refractivity contribution in [3.63, 3.8) is 0 Å². The van der Waals surface area contributed by atoms with Crippen LogP contribution in [0.15, 0.2) is 81.8 Å². The van der Waals surface area contributed by atoms with Crippen molar-refractivity contribution in [2.24, 2.45) is 16.1 Å². The Balaban J connectivity index is 1.59. The number of halogens is 1. The highest BCUT2D eigenvalue weighted by molar-refractivity contribution is 6.30. The second-order valence-electron chi connectivity index (χ2n) is 7.34. The topological polar surface area (TPSA) is 92.6 Å². The number of hydrogen-bond acceptors (Lipinski definition) is 7. The molecular weight excluding hydrogens is 420 g/mol. The molecule has 2 aliphatic heterocycles. The molecule has 2 aromatic carbocycles. The largest absolute Gasteiger partial charge is 0.497 e. The number of methoxy groups -OCH3 is 1. The predicted molar refractivity (Wildman–Crippen MR) is 112 cm³/mol. The van der Waals surface area contributed by atoms with Gasteiger partial charge in [0.15, 0.2) is 5.70 Å². The SMILES string of the molecule is COc1ccc(N2NOC(=O)C2=C2C=C3N=NC(=O)C3C(c3ccc(Cl)cc3)C2)cc1. The van der Waals surface area contributed by atoms with E-state index in [-0.39, 0.29) is 11.8 Å². The number of nitrogens with zero attached hydrogens (tertiary/aromatic N) is 3. The zero-order chi connectivity index (χ0) is 21.5. The first-order valence-electron chi connectivity index (χ1n) is 9.62. The number of rotatable bonds is 3. The molecule has 0 radical (unpaired) electrons. The fraction of sp³-hybridized carbons (Fsp3) is 0.182. The van der Waals surface area contributed by atoms with Crippen molar-refractivity contribution in [3.05, 3.63) is 82.2 Å². The number of ether oxygens (including phenoxy) is 1. The van der Waals surface area contributed by atoms with E-state index in [1.54, 1.807) is 42.5 Å². The molecule has 2 unspecified atom stereocenters. The van der Waals surface area contributed by atoms with Crippen molar-refractivity contribution in [2.75, 3.05) is 12.1 Å². The van der Waals surface area contributed by atoms with Crippen molar-refractivity contribution in [3.8, 4) is 5.75 Å². The van der Waals surface area contributed by atoms with Gasteiger partial charge in [0.05, 0.1) is 24.4 Å². The molecule has 0 aromatic heterocycles. The molecule has 2 atom stereocenters. The molecule has 1 fully saturated rings. The van der Waals surface area contributed by atoms with Crippen LogP contribution in [0.5, 0.6) is 5.75 Å². The van der Waals surface area contributed by atoms with Crippen molar-refractivity contribution in [1.82, 2.24) is 5.59 Å². The highest BCUT2D eigenvalue weighted by Crippen LogP contribution is 2.46. The van der Waals surface area contributed by atoms with Gasteiger partial charge in [-0.05, 0) is 60.0 Å². The lowest BCUT2D eigenvalue weighted by Gasteiger charge is -2.28. The van der Waals surface area contributed by atoms with Crippen molar-refractivity contribution in [2.45, 2.75) is 12.3 Å². The summed E-state index contributed by atoms with van der Waals surface area (Å²) in [5, 5.41) is 10.0. The zero-order valence-corrected chi connectivity index (χ0v) is 17.2. The molecular formula is C22H17ClN4O4. The Morgan fingerprint density at radius 1 is 1.10 bits per heavy atom. The molecule has 1 N–H and O–H groups in total. The van der Waals surface area contributed by atoms with Gasteiger partial charge in [0.25, 0.3) is 5.91 Å². The number of fused-ring (bicyclic) bond motifs is 1. The van der Waals surface area contributed by atoms with Crippen LogP contribution in [-0.2, 0) is 14.4 Å². The van der Waals surface area contributed by atoms with Gasteiger partial charge in [-0.15, -0.1) is 5.11 Å². The number of azo groups is 1. The van der Waals surface area contributed by atoms with Gasteiger partial charge in [-0.25, -0.2) is 9.80 Å². The summed E-state index contributed by atoms with van der Waals surface area (Å²) in [5.74, 6) is -0.815. The molecule has 156 valence electrons. The van der Waals surface area contributed by atoms with Crippen LogP contribution < -0.4 is 15.3 Å². The maximum Gasteiger partial charge on any atom is 0.377 e. The molecule has 0 spiro atoms. The minimum Gasteiger partial charge on any atom is -0.497 e. The third-order valence-electron chi connectivity index (χ3n) is 5.59. The third-order valence-corrected chi connectivity index (χ3v) is 5.84. The quantitative estimate of drug-likeness (QED) is 0.729. The lowest BCUT2D eigenvalue weighted by atomic mass is 9.75. The molecule has 8 nitrogen and oxygen atoms in total. The summed E-state index contributed by atoms with van der Waals surface area (Å²) in [6.07, 6.45) is 2.19. The number of allylic oxidation sites excluding steroid dienone is 2. The Kier molecular flexibility index (Phi) is 4.80. The highest BCUT2D eigenvalue weighted by Gasteiger charge is 2.43. The molecule has 5 rings (SSSR count). The highest BCUT2D eigenvalue weighted by atomic mass is 35.5. The summed E-state index contributed by atoms with van der Waals surface area (Å²) in [5.41, 5.74) is 5.85. The van der Waals surface area contributed by atoms with Gasteiger partial charge in [0.2, 0.25) is 0 Å². The molecule has 0 bridgehead atoms. The summed E-state index contributed by atoms with van der Waals surface area (Å²) in [7, 11) is 1.59. The summed E-state index contributed by atoms with van der Waals surface area (Å²) >= 11 is 6.04. The average Bonchev–Trinajstić information content (AvgIpc) is 3.36. The van der Waals surface area contributed by atoms with Crippen LogP contribution in [0.4, 0.5) is 5.69 Å². The van der Waals surface area contributed by atoms with Crippen LogP contribution in [0.2, 0.25) is 5.02 Å². The minimum absolute atomic E-state index is 0.228. The Morgan fingerprint density at radius 2 is 1.84 bits per heavy atom. The van der Waals surface area contributed by atoms with Crippen LogP contribution in [-0.4, -0.2) is 19.0 Å². The molecule has 1 aliphatic carbocycles. The fourth-order valence-electron chi connectivity index (χ4n) is 4.09. The first-order chi connectivity index (χ1) is 15.0. The Bertz CT molecular complexity index is 1160. The Morgan fingerprint density at radius 3 is 2.55 bits per heavy atom.